The van der Waals surface area contributed by atoms with E-state index in [-0.39, 0.29) is 0 Å². The van der Waals surface area contributed by atoms with Crippen LogP contribution in [0.15, 0.2) is 54.3 Å². The van der Waals surface area contributed by atoms with Gasteiger partial charge in [0.15, 0.2) is 0 Å². The van der Waals surface area contributed by atoms with E-state index in [4.69, 9.17) is 0 Å². The third kappa shape index (κ3) is 5.20. The van der Waals surface area contributed by atoms with Crippen molar-refractivity contribution in [1.82, 2.24) is 0 Å². The van der Waals surface area contributed by atoms with Crippen LogP contribution >= 0.6 is 0 Å². The van der Waals surface area contributed by atoms with Crippen LogP contribution in [0.4, 0.5) is 0 Å². The second-order valence-corrected chi connectivity index (χ2v) is 2.32. The standard InChI is InChI=1S/C11H14/c1-5-7-11(6-2)9-8-10(3)4/h6-9H,1,3H2,2,4H3/b9-8-,11-6-. The van der Waals surface area contributed by atoms with E-state index >= 15 is 0 Å². The predicted molar refractivity (Wildman–Crippen MR) is 51.4 cm³/mol. The minimum atomic E-state index is 1.04. The Morgan fingerprint density at radius 2 is 2.00 bits per heavy atom. The first-order valence-corrected chi connectivity index (χ1v) is 3.56. The Labute approximate surface area is 68.9 Å². The second kappa shape index (κ2) is 5.52. The van der Waals surface area contributed by atoms with Gasteiger partial charge < -0.3 is 0 Å². The van der Waals surface area contributed by atoms with Crippen LogP contribution in [0.5, 0.6) is 0 Å². The molecule has 0 radical (unpaired) electrons. The Kier molecular flexibility index (Phi) is 4.89. The van der Waals surface area contributed by atoms with E-state index in [1.807, 2.05) is 38.2 Å². The number of rotatable bonds is 3. The van der Waals surface area contributed by atoms with Crippen LogP contribution in [0.25, 0.3) is 0 Å². The zero-order valence-electron chi connectivity index (χ0n) is 7.22. The zero-order chi connectivity index (χ0) is 8.69. The molecule has 0 aromatic heterocycles. The first-order chi connectivity index (χ1) is 5.20. The van der Waals surface area contributed by atoms with E-state index in [9.17, 15) is 0 Å². The van der Waals surface area contributed by atoms with E-state index in [1.165, 1.54) is 0 Å². The van der Waals surface area contributed by atoms with Crippen molar-refractivity contribution in [2.45, 2.75) is 13.8 Å². The molecule has 0 saturated carbocycles. The van der Waals surface area contributed by atoms with Crippen molar-refractivity contribution in [3.63, 3.8) is 0 Å². The molecule has 0 unspecified atom stereocenters. The summed E-state index contributed by atoms with van der Waals surface area (Å²) in [7, 11) is 0. The summed E-state index contributed by atoms with van der Waals surface area (Å²) >= 11 is 0. The van der Waals surface area contributed by atoms with Crippen molar-refractivity contribution in [3.05, 3.63) is 54.3 Å². The Morgan fingerprint density at radius 3 is 2.36 bits per heavy atom. The van der Waals surface area contributed by atoms with Crippen LogP contribution in [0.1, 0.15) is 13.8 Å². The van der Waals surface area contributed by atoms with Gasteiger partial charge in [0, 0.05) is 0 Å². The topological polar surface area (TPSA) is 0 Å². The largest absolute Gasteiger partial charge is 0.128 e. The Hall–Kier alpha value is -1.26. The van der Waals surface area contributed by atoms with Crippen molar-refractivity contribution >= 4 is 0 Å². The first kappa shape index (κ1) is 9.74. The lowest BCUT2D eigenvalue weighted by Gasteiger charge is -1.88. The lowest BCUT2D eigenvalue weighted by atomic mass is 10.2. The molecule has 0 fully saturated rings. The molecule has 0 aliphatic carbocycles. The lowest BCUT2D eigenvalue weighted by molar-refractivity contribution is 1.53. The summed E-state index contributed by atoms with van der Waals surface area (Å²) in [5.41, 5.74) is 4.86. The highest BCUT2D eigenvalue weighted by Gasteiger charge is 1.80. The quantitative estimate of drug-likeness (QED) is 0.423. The van der Waals surface area contributed by atoms with Gasteiger partial charge in [0.2, 0.25) is 0 Å². The maximum atomic E-state index is 3.76. The average molecular weight is 146 g/mol. The number of allylic oxidation sites excluding steroid dienone is 6. The summed E-state index contributed by atoms with van der Waals surface area (Å²) in [4.78, 5) is 0. The molecular weight excluding hydrogens is 132 g/mol. The van der Waals surface area contributed by atoms with Gasteiger partial charge in [-0.15, -0.1) is 5.73 Å². The SMILES string of the molecule is C=C=CC(/C=C\C(=C)C)=C/C. The fourth-order valence-corrected chi connectivity index (χ4v) is 0.584. The van der Waals surface area contributed by atoms with Gasteiger partial charge in [-0.2, -0.15) is 0 Å². The molecule has 0 nitrogen and oxygen atoms in total. The second-order valence-electron chi connectivity index (χ2n) is 2.32. The van der Waals surface area contributed by atoms with Gasteiger partial charge in [0.05, 0.1) is 0 Å². The zero-order valence-corrected chi connectivity index (χ0v) is 7.22. The number of hydrogen-bond donors (Lipinski definition) is 0. The summed E-state index contributed by atoms with van der Waals surface area (Å²) < 4.78 is 0. The molecular formula is C11H14. The van der Waals surface area contributed by atoms with Crippen molar-refractivity contribution in [2.75, 3.05) is 0 Å². The summed E-state index contributed by atoms with van der Waals surface area (Å²) in [6.07, 6.45) is 7.78. The molecule has 0 aromatic carbocycles. The van der Waals surface area contributed by atoms with Crippen molar-refractivity contribution in [3.8, 4) is 0 Å². The van der Waals surface area contributed by atoms with Gasteiger partial charge in [-0.3, -0.25) is 0 Å². The molecule has 0 aromatic rings. The molecule has 0 rings (SSSR count). The molecule has 11 heavy (non-hydrogen) atoms. The maximum absolute atomic E-state index is 3.76. The Morgan fingerprint density at radius 1 is 1.36 bits per heavy atom. The predicted octanol–water partition coefficient (Wildman–Crippen LogP) is 3.41. The fourth-order valence-electron chi connectivity index (χ4n) is 0.584. The lowest BCUT2D eigenvalue weighted by Crippen LogP contribution is -1.68. The van der Waals surface area contributed by atoms with Gasteiger partial charge >= 0.3 is 0 Å². The van der Waals surface area contributed by atoms with E-state index < -0.39 is 0 Å². The highest BCUT2D eigenvalue weighted by atomic mass is 13.9. The van der Waals surface area contributed by atoms with Gasteiger partial charge in [-0.25, -0.2) is 0 Å². The van der Waals surface area contributed by atoms with Crippen molar-refractivity contribution in [1.29, 1.82) is 0 Å². The van der Waals surface area contributed by atoms with Crippen LogP contribution in [-0.4, -0.2) is 0 Å². The Bertz CT molecular complexity index is 233. The van der Waals surface area contributed by atoms with Crippen LogP contribution < -0.4 is 0 Å². The summed E-state index contributed by atoms with van der Waals surface area (Å²) in [6.45, 7) is 11.2. The molecule has 0 heteroatoms. The van der Waals surface area contributed by atoms with Crippen molar-refractivity contribution in [2.24, 2.45) is 0 Å². The molecule has 0 aliphatic rings. The normalized spacial score (nSPS) is 11.3. The maximum Gasteiger partial charge on any atom is -0.0137 e. The van der Waals surface area contributed by atoms with Crippen molar-refractivity contribution < 1.29 is 0 Å². The molecule has 0 atom stereocenters. The van der Waals surface area contributed by atoms with E-state index in [0.29, 0.717) is 0 Å². The minimum Gasteiger partial charge on any atom is -0.128 e. The minimum absolute atomic E-state index is 1.04. The van der Waals surface area contributed by atoms with Crippen LogP contribution in [0, 0.1) is 0 Å². The molecule has 0 heterocycles. The third-order valence-corrected chi connectivity index (χ3v) is 1.16. The third-order valence-electron chi connectivity index (χ3n) is 1.16. The molecule has 0 aliphatic heterocycles. The summed E-state index contributed by atoms with van der Waals surface area (Å²) in [6, 6.07) is 0. The summed E-state index contributed by atoms with van der Waals surface area (Å²) in [5.74, 6) is 0. The van der Waals surface area contributed by atoms with Gasteiger partial charge in [-0.05, 0) is 25.5 Å². The number of hydrogen-bond acceptors (Lipinski definition) is 0. The van der Waals surface area contributed by atoms with Gasteiger partial charge in [0.25, 0.3) is 0 Å². The summed E-state index contributed by atoms with van der Waals surface area (Å²) in [5, 5.41) is 0. The fraction of sp³-hybridized carbons (Fsp3) is 0.182. The van der Waals surface area contributed by atoms with Crippen LogP contribution in [-0.2, 0) is 0 Å². The molecule has 0 N–H and O–H groups in total. The molecule has 0 spiro atoms. The molecule has 58 valence electrons. The smallest absolute Gasteiger partial charge is 0.0137 e. The van der Waals surface area contributed by atoms with Gasteiger partial charge in [0.1, 0.15) is 0 Å². The van der Waals surface area contributed by atoms with E-state index in [0.717, 1.165) is 11.1 Å². The van der Waals surface area contributed by atoms with Crippen LogP contribution in [0.3, 0.4) is 0 Å². The highest BCUT2D eigenvalue weighted by molar-refractivity contribution is 5.32. The van der Waals surface area contributed by atoms with E-state index in [1.54, 1.807) is 0 Å². The molecule has 0 saturated heterocycles. The molecule has 0 amide bonds. The van der Waals surface area contributed by atoms with Crippen LogP contribution in [0.2, 0.25) is 0 Å². The Balaban J connectivity index is 4.33. The van der Waals surface area contributed by atoms with Gasteiger partial charge in [-0.1, -0.05) is 37.0 Å². The highest BCUT2D eigenvalue weighted by Crippen LogP contribution is 2.00. The monoisotopic (exact) mass is 146 g/mol. The first-order valence-electron chi connectivity index (χ1n) is 3.56. The molecule has 0 bridgehead atoms. The van der Waals surface area contributed by atoms with E-state index in [2.05, 4.69) is 18.9 Å². The average Bonchev–Trinajstić information content (AvgIpc) is 1.97.